The van der Waals surface area contributed by atoms with Crippen LogP contribution in [-0.4, -0.2) is 24.7 Å². The van der Waals surface area contributed by atoms with Crippen molar-refractivity contribution in [1.82, 2.24) is 5.32 Å². The molecule has 18 heavy (non-hydrogen) atoms. The molecule has 0 saturated carbocycles. The summed E-state index contributed by atoms with van der Waals surface area (Å²) < 4.78 is 5.25. The number of likely N-dealkylation sites (N-methyl/N-ethyl adjacent to an activating group) is 1. The van der Waals surface area contributed by atoms with Crippen molar-refractivity contribution in [3.8, 4) is 0 Å². The van der Waals surface area contributed by atoms with Crippen LogP contribution in [0.5, 0.6) is 0 Å². The third kappa shape index (κ3) is 2.41. The molecule has 2 rings (SSSR count). The van der Waals surface area contributed by atoms with E-state index < -0.39 is 5.54 Å². The molecular weight excluding hydrogens is 226 g/mol. The van der Waals surface area contributed by atoms with Gasteiger partial charge in [0.05, 0.1) is 6.61 Å². The summed E-state index contributed by atoms with van der Waals surface area (Å²) in [6, 6.07) is 8.35. The van der Waals surface area contributed by atoms with Crippen molar-refractivity contribution in [1.29, 1.82) is 0 Å². The molecule has 0 fully saturated rings. The molecule has 1 unspecified atom stereocenters. The molecule has 1 aromatic rings. The molecule has 1 aromatic carbocycles. The van der Waals surface area contributed by atoms with Gasteiger partial charge in [-0.1, -0.05) is 31.2 Å². The number of hydrogen-bond donors (Lipinski definition) is 1. The van der Waals surface area contributed by atoms with Crippen LogP contribution in [0.15, 0.2) is 24.3 Å². The maximum Gasteiger partial charge on any atom is 0.326 e. The average molecular weight is 247 g/mol. The normalized spacial score (nSPS) is 22.3. The number of hydrogen-bond acceptors (Lipinski definition) is 3. The summed E-state index contributed by atoms with van der Waals surface area (Å²) in [5.41, 5.74) is 2.09. The summed E-state index contributed by atoms with van der Waals surface area (Å²) in [6.45, 7) is 5.10. The van der Waals surface area contributed by atoms with E-state index in [2.05, 4.69) is 23.5 Å². The van der Waals surface area contributed by atoms with Crippen molar-refractivity contribution in [3.05, 3.63) is 35.4 Å². The quantitative estimate of drug-likeness (QED) is 0.828. The summed E-state index contributed by atoms with van der Waals surface area (Å²) in [7, 11) is 0. The fraction of sp³-hybridized carbons (Fsp3) is 0.533. The fourth-order valence-corrected chi connectivity index (χ4v) is 2.74. The lowest BCUT2D eigenvalue weighted by Gasteiger charge is -2.36. The number of aryl methyl sites for hydroxylation is 1. The van der Waals surface area contributed by atoms with Crippen LogP contribution >= 0.6 is 0 Å². The molecule has 0 amide bonds. The second kappa shape index (κ2) is 5.53. The second-order valence-electron chi connectivity index (χ2n) is 4.78. The van der Waals surface area contributed by atoms with Crippen molar-refractivity contribution in [2.24, 2.45) is 0 Å². The zero-order chi connectivity index (χ0) is 13.0. The first-order valence-corrected chi connectivity index (χ1v) is 6.71. The molecule has 3 nitrogen and oxygen atoms in total. The van der Waals surface area contributed by atoms with E-state index >= 15 is 0 Å². The summed E-state index contributed by atoms with van der Waals surface area (Å²) in [4.78, 5) is 12.2. The zero-order valence-electron chi connectivity index (χ0n) is 11.2. The van der Waals surface area contributed by atoms with Gasteiger partial charge in [0.25, 0.3) is 0 Å². The summed E-state index contributed by atoms with van der Waals surface area (Å²) in [5.74, 6) is -0.110. The first-order chi connectivity index (χ1) is 8.72. The van der Waals surface area contributed by atoms with E-state index in [1.54, 1.807) is 0 Å². The van der Waals surface area contributed by atoms with Gasteiger partial charge in [-0.25, -0.2) is 0 Å². The number of carbonyl (C=O) groups is 1. The predicted molar refractivity (Wildman–Crippen MR) is 71.5 cm³/mol. The van der Waals surface area contributed by atoms with Gasteiger partial charge in [-0.05, 0) is 37.4 Å². The summed E-state index contributed by atoms with van der Waals surface area (Å²) in [6.07, 6.45) is 2.48. The zero-order valence-corrected chi connectivity index (χ0v) is 11.2. The Bertz CT molecular complexity index is 430. The molecule has 3 heteroatoms. The highest BCUT2D eigenvalue weighted by molar-refractivity contribution is 5.82. The fourth-order valence-electron chi connectivity index (χ4n) is 2.74. The van der Waals surface area contributed by atoms with Gasteiger partial charge in [-0.15, -0.1) is 0 Å². The summed E-state index contributed by atoms with van der Waals surface area (Å²) >= 11 is 0. The van der Waals surface area contributed by atoms with E-state index in [1.165, 1.54) is 11.1 Å². The Morgan fingerprint density at radius 3 is 2.72 bits per heavy atom. The van der Waals surface area contributed by atoms with Crippen LogP contribution in [0.2, 0.25) is 0 Å². The van der Waals surface area contributed by atoms with E-state index in [1.807, 2.05) is 19.9 Å². The summed E-state index contributed by atoms with van der Waals surface area (Å²) in [5, 5.41) is 3.35. The Kier molecular flexibility index (Phi) is 4.02. The number of nitrogens with one attached hydrogen (secondary N) is 1. The highest BCUT2D eigenvalue weighted by Crippen LogP contribution is 2.29. The number of benzene rings is 1. The maximum absolute atomic E-state index is 12.2. The molecular formula is C15H21NO2. The lowest BCUT2D eigenvalue weighted by molar-refractivity contribution is -0.151. The van der Waals surface area contributed by atoms with E-state index in [9.17, 15) is 4.79 Å². The molecule has 1 N–H and O–H groups in total. The molecule has 0 aliphatic heterocycles. The molecule has 0 aromatic heterocycles. The lowest BCUT2D eigenvalue weighted by Crippen LogP contribution is -2.56. The molecule has 0 saturated heterocycles. The highest BCUT2D eigenvalue weighted by Gasteiger charge is 2.41. The SMILES string of the molecule is CCNC1(C(=O)OCC)CCc2ccccc2C1. The number of rotatable bonds is 4. The molecule has 98 valence electrons. The Morgan fingerprint density at radius 2 is 2.06 bits per heavy atom. The van der Waals surface area contributed by atoms with Crippen LogP contribution in [-0.2, 0) is 22.4 Å². The number of carbonyl (C=O) groups excluding carboxylic acids is 1. The monoisotopic (exact) mass is 247 g/mol. The topological polar surface area (TPSA) is 38.3 Å². The highest BCUT2D eigenvalue weighted by atomic mass is 16.5. The third-order valence-corrected chi connectivity index (χ3v) is 3.61. The standard InChI is InChI=1S/C15H21NO2/c1-3-16-15(14(17)18-4-2)10-9-12-7-5-6-8-13(12)11-15/h5-8,16H,3-4,9-11H2,1-2H3. The third-order valence-electron chi connectivity index (χ3n) is 3.61. The van der Waals surface area contributed by atoms with Crippen molar-refractivity contribution in [2.45, 2.75) is 38.6 Å². The smallest absolute Gasteiger partial charge is 0.326 e. The molecule has 0 heterocycles. The van der Waals surface area contributed by atoms with Gasteiger partial charge in [0.2, 0.25) is 0 Å². The second-order valence-corrected chi connectivity index (χ2v) is 4.78. The Balaban J connectivity index is 2.26. The van der Waals surface area contributed by atoms with Gasteiger partial charge in [-0.2, -0.15) is 0 Å². The van der Waals surface area contributed by atoms with Crippen molar-refractivity contribution in [3.63, 3.8) is 0 Å². The van der Waals surface area contributed by atoms with Crippen LogP contribution in [0.25, 0.3) is 0 Å². The van der Waals surface area contributed by atoms with Gasteiger partial charge in [-0.3, -0.25) is 4.79 Å². The Labute approximate surface area is 109 Å². The molecule has 0 radical (unpaired) electrons. The molecule has 1 aliphatic carbocycles. The number of ether oxygens (including phenoxy) is 1. The lowest BCUT2D eigenvalue weighted by atomic mass is 9.78. The first kappa shape index (κ1) is 13.1. The number of fused-ring (bicyclic) bond motifs is 1. The van der Waals surface area contributed by atoms with Gasteiger partial charge in [0, 0.05) is 6.42 Å². The molecule has 0 bridgehead atoms. The van der Waals surface area contributed by atoms with Gasteiger partial charge in [0.15, 0.2) is 0 Å². The van der Waals surface area contributed by atoms with Crippen LogP contribution in [0, 0.1) is 0 Å². The van der Waals surface area contributed by atoms with Gasteiger partial charge >= 0.3 is 5.97 Å². The van der Waals surface area contributed by atoms with E-state index in [0.29, 0.717) is 6.61 Å². The first-order valence-electron chi connectivity index (χ1n) is 6.71. The van der Waals surface area contributed by atoms with E-state index in [4.69, 9.17) is 4.74 Å². The van der Waals surface area contributed by atoms with Crippen molar-refractivity contribution < 1.29 is 9.53 Å². The number of esters is 1. The largest absolute Gasteiger partial charge is 0.465 e. The van der Waals surface area contributed by atoms with Crippen LogP contribution in [0.3, 0.4) is 0 Å². The molecule has 1 aliphatic rings. The minimum Gasteiger partial charge on any atom is -0.465 e. The van der Waals surface area contributed by atoms with Crippen LogP contribution in [0.4, 0.5) is 0 Å². The van der Waals surface area contributed by atoms with Crippen molar-refractivity contribution in [2.75, 3.05) is 13.2 Å². The molecule has 1 atom stereocenters. The van der Waals surface area contributed by atoms with Crippen LogP contribution < -0.4 is 5.32 Å². The predicted octanol–water partition coefficient (Wildman–Crippen LogP) is 2.09. The minimum atomic E-state index is -0.529. The van der Waals surface area contributed by atoms with Crippen molar-refractivity contribution >= 4 is 5.97 Å². The van der Waals surface area contributed by atoms with Crippen LogP contribution in [0.1, 0.15) is 31.4 Å². The Morgan fingerprint density at radius 1 is 1.33 bits per heavy atom. The maximum atomic E-state index is 12.2. The minimum absolute atomic E-state index is 0.110. The van der Waals surface area contributed by atoms with E-state index in [-0.39, 0.29) is 5.97 Å². The van der Waals surface area contributed by atoms with Gasteiger partial charge in [0.1, 0.15) is 5.54 Å². The van der Waals surface area contributed by atoms with Gasteiger partial charge < -0.3 is 10.1 Å². The van der Waals surface area contributed by atoms with E-state index in [0.717, 1.165) is 25.8 Å². The Hall–Kier alpha value is -1.35. The average Bonchev–Trinajstić information content (AvgIpc) is 2.39. The molecule has 0 spiro atoms.